The first-order valence-corrected chi connectivity index (χ1v) is 6.50. The number of nitrogens with zero attached hydrogens (tertiary/aromatic N) is 1. The number of carbonyl (C=O) groups excluding carboxylic acids is 1. The van der Waals surface area contributed by atoms with Gasteiger partial charge in [-0.15, -0.1) is 0 Å². The van der Waals surface area contributed by atoms with Gasteiger partial charge >= 0.3 is 12.0 Å². The van der Waals surface area contributed by atoms with Crippen LogP contribution in [-0.4, -0.2) is 53.7 Å². The number of carboxylic acids is 1. The predicted octanol–water partition coefficient (Wildman–Crippen LogP) is 0.633. The second-order valence-electron chi connectivity index (χ2n) is 4.93. The average Bonchev–Trinajstić information content (AvgIpc) is 3.08. The molecular weight excluding hydrogens is 234 g/mol. The quantitative estimate of drug-likeness (QED) is 0.557. The van der Waals surface area contributed by atoms with E-state index in [-0.39, 0.29) is 18.6 Å². The summed E-state index contributed by atoms with van der Waals surface area (Å²) >= 11 is 0. The Morgan fingerprint density at radius 1 is 1.33 bits per heavy atom. The number of carboxylic acid groups (broad SMARTS) is 1. The smallest absolute Gasteiger partial charge is 0.323 e. The molecule has 1 aliphatic rings. The molecule has 3 N–H and O–H groups in total. The van der Waals surface area contributed by atoms with Crippen LogP contribution in [0.3, 0.4) is 0 Å². The zero-order chi connectivity index (χ0) is 13.5. The summed E-state index contributed by atoms with van der Waals surface area (Å²) in [5.74, 6) is -0.991. The predicted molar refractivity (Wildman–Crippen MR) is 68.5 cm³/mol. The standard InChI is InChI=1S/C12H23N3O3/c1-9(2)15(8-11(16)17)12(18)14-7-3-6-13-10-4-5-10/h9-10,13H,3-8H2,1-2H3,(H,14,18)(H,16,17). The van der Waals surface area contributed by atoms with Crippen LogP contribution >= 0.6 is 0 Å². The van der Waals surface area contributed by atoms with Gasteiger partial charge in [0.25, 0.3) is 0 Å². The summed E-state index contributed by atoms with van der Waals surface area (Å²) in [6.07, 6.45) is 3.37. The Labute approximate surface area is 108 Å². The molecule has 0 bridgehead atoms. The van der Waals surface area contributed by atoms with E-state index in [2.05, 4.69) is 10.6 Å². The zero-order valence-electron chi connectivity index (χ0n) is 11.1. The number of aliphatic carboxylic acids is 1. The summed E-state index contributed by atoms with van der Waals surface area (Å²) < 4.78 is 0. The van der Waals surface area contributed by atoms with E-state index in [1.165, 1.54) is 17.7 Å². The number of hydrogen-bond acceptors (Lipinski definition) is 3. The zero-order valence-corrected chi connectivity index (χ0v) is 11.1. The molecule has 0 atom stereocenters. The molecule has 6 nitrogen and oxygen atoms in total. The average molecular weight is 257 g/mol. The third-order valence-electron chi connectivity index (χ3n) is 2.83. The minimum Gasteiger partial charge on any atom is -0.480 e. The minimum atomic E-state index is -0.991. The molecule has 1 aliphatic carbocycles. The monoisotopic (exact) mass is 257 g/mol. The highest BCUT2D eigenvalue weighted by atomic mass is 16.4. The Morgan fingerprint density at radius 3 is 2.50 bits per heavy atom. The maximum absolute atomic E-state index is 11.8. The highest BCUT2D eigenvalue weighted by Gasteiger charge is 2.20. The van der Waals surface area contributed by atoms with Gasteiger partial charge in [0.05, 0.1) is 0 Å². The number of hydrogen-bond donors (Lipinski definition) is 3. The maximum atomic E-state index is 11.8. The van der Waals surface area contributed by atoms with Crippen molar-refractivity contribution in [3.63, 3.8) is 0 Å². The lowest BCUT2D eigenvalue weighted by Gasteiger charge is -2.25. The normalized spacial score (nSPS) is 14.6. The van der Waals surface area contributed by atoms with Crippen molar-refractivity contribution < 1.29 is 14.7 Å². The van der Waals surface area contributed by atoms with Gasteiger partial charge in [-0.1, -0.05) is 0 Å². The molecule has 1 fully saturated rings. The van der Waals surface area contributed by atoms with Crippen LogP contribution in [0.15, 0.2) is 0 Å². The van der Waals surface area contributed by atoms with Crippen LogP contribution in [0.2, 0.25) is 0 Å². The fourth-order valence-corrected chi connectivity index (χ4v) is 1.61. The van der Waals surface area contributed by atoms with E-state index in [9.17, 15) is 9.59 Å². The van der Waals surface area contributed by atoms with Gasteiger partial charge in [0.15, 0.2) is 0 Å². The van der Waals surface area contributed by atoms with Crippen molar-refractivity contribution in [1.29, 1.82) is 0 Å². The molecule has 0 unspecified atom stereocenters. The molecule has 1 saturated carbocycles. The molecule has 18 heavy (non-hydrogen) atoms. The van der Waals surface area contributed by atoms with E-state index >= 15 is 0 Å². The number of urea groups is 1. The van der Waals surface area contributed by atoms with Crippen molar-refractivity contribution in [3.05, 3.63) is 0 Å². The van der Waals surface area contributed by atoms with E-state index in [4.69, 9.17) is 5.11 Å². The van der Waals surface area contributed by atoms with E-state index in [1.54, 1.807) is 13.8 Å². The highest BCUT2D eigenvalue weighted by Crippen LogP contribution is 2.18. The molecule has 2 amide bonds. The van der Waals surface area contributed by atoms with Crippen LogP contribution in [0.25, 0.3) is 0 Å². The topological polar surface area (TPSA) is 81.7 Å². The van der Waals surface area contributed by atoms with E-state index in [0.717, 1.165) is 13.0 Å². The molecule has 1 rings (SSSR count). The molecule has 6 heteroatoms. The Bertz CT molecular complexity index is 290. The lowest BCUT2D eigenvalue weighted by molar-refractivity contribution is -0.138. The first kappa shape index (κ1) is 14.8. The second kappa shape index (κ2) is 7.20. The molecule has 0 aliphatic heterocycles. The third-order valence-corrected chi connectivity index (χ3v) is 2.83. The van der Waals surface area contributed by atoms with Gasteiger partial charge < -0.3 is 20.6 Å². The van der Waals surface area contributed by atoms with Gasteiger partial charge in [-0.25, -0.2) is 4.79 Å². The summed E-state index contributed by atoms with van der Waals surface area (Å²) in [6, 6.07) is 0.254. The SMILES string of the molecule is CC(C)N(CC(=O)O)C(=O)NCCCNC1CC1. The fourth-order valence-electron chi connectivity index (χ4n) is 1.61. The summed E-state index contributed by atoms with van der Waals surface area (Å²) in [5, 5.41) is 14.8. The van der Waals surface area contributed by atoms with Gasteiger partial charge in [0.1, 0.15) is 6.54 Å². The van der Waals surface area contributed by atoms with E-state index < -0.39 is 5.97 Å². The first-order valence-electron chi connectivity index (χ1n) is 6.50. The van der Waals surface area contributed by atoms with E-state index in [0.29, 0.717) is 12.6 Å². The van der Waals surface area contributed by atoms with Crippen LogP contribution in [0.5, 0.6) is 0 Å². The lowest BCUT2D eigenvalue weighted by Crippen LogP contribution is -2.46. The fraction of sp³-hybridized carbons (Fsp3) is 0.833. The molecule has 104 valence electrons. The van der Waals surface area contributed by atoms with Gasteiger partial charge in [-0.3, -0.25) is 4.79 Å². The molecule has 0 saturated heterocycles. The van der Waals surface area contributed by atoms with Crippen molar-refractivity contribution in [3.8, 4) is 0 Å². The van der Waals surface area contributed by atoms with Gasteiger partial charge in [0.2, 0.25) is 0 Å². The van der Waals surface area contributed by atoms with Crippen molar-refractivity contribution in [2.75, 3.05) is 19.6 Å². The van der Waals surface area contributed by atoms with Gasteiger partial charge in [-0.05, 0) is 39.7 Å². The third kappa shape index (κ3) is 5.86. The summed E-state index contributed by atoms with van der Waals surface area (Å²) in [6.45, 7) is 4.81. The molecule has 0 aromatic carbocycles. The highest BCUT2D eigenvalue weighted by molar-refractivity contribution is 5.80. The summed E-state index contributed by atoms with van der Waals surface area (Å²) in [4.78, 5) is 23.7. The van der Waals surface area contributed by atoms with Crippen LogP contribution in [-0.2, 0) is 4.79 Å². The second-order valence-corrected chi connectivity index (χ2v) is 4.93. The van der Waals surface area contributed by atoms with Gasteiger partial charge in [-0.2, -0.15) is 0 Å². The van der Waals surface area contributed by atoms with Crippen molar-refractivity contribution in [2.24, 2.45) is 0 Å². The minimum absolute atomic E-state index is 0.120. The molecule has 0 aromatic rings. The Morgan fingerprint density at radius 2 is 2.00 bits per heavy atom. The van der Waals surface area contributed by atoms with Crippen molar-refractivity contribution in [1.82, 2.24) is 15.5 Å². The maximum Gasteiger partial charge on any atom is 0.323 e. The number of carbonyl (C=O) groups is 2. The summed E-state index contributed by atoms with van der Waals surface area (Å²) in [5.41, 5.74) is 0. The largest absolute Gasteiger partial charge is 0.480 e. The molecule has 0 radical (unpaired) electrons. The molecule has 0 spiro atoms. The lowest BCUT2D eigenvalue weighted by atomic mass is 10.3. The van der Waals surface area contributed by atoms with Crippen LogP contribution < -0.4 is 10.6 Å². The number of nitrogens with one attached hydrogen (secondary N) is 2. The summed E-state index contributed by atoms with van der Waals surface area (Å²) in [7, 11) is 0. The Hall–Kier alpha value is -1.30. The number of amides is 2. The van der Waals surface area contributed by atoms with Crippen LogP contribution in [0.4, 0.5) is 4.79 Å². The molecule has 0 heterocycles. The Kier molecular flexibility index (Phi) is 5.91. The van der Waals surface area contributed by atoms with Crippen molar-refractivity contribution in [2.45, 2.75) is 45.2 Å². The van der Waals surface area contributed by atoms with E-state index in [1.807, 2.05) is 0 Å². The Balaban J connectivity index is 2.16. The number of rotatable bonds is 8. The molecular formula is C12H23N3O3. The van der Waals surface area contributed by atoms with Crippen LogP contribution in [0, 0.1) is 0 Å². The van der Waals surface area contributed by atoms with Gasteiger partial charge in [0, 0.05) is 18.6 Å². The van der Waals surface area contributed by atoms with Crippen molar-refractivity contribution >= 4 is 12.0 Å². The molecule has 0 aromatic heterocycles. The first-order chi connectivity index (χ1) is 8.50. The van der Waals surface area contributed by atoms with Crippen LogP contribution in [0.1, 0.15) is 33.1 Å².